The molecular weight excluding hydrogens is 388 g/mol. The van der Waals surface area contributed by atoms with E-state index in [2.05, 4.69) is 10.3 Å². The van der Waals surface area contributed by atoms with Crippen LogP contribution in [0.15, 0.2) is 46.0 Å². The number of rotatable bonds is 7. The number of nitrogens with one attached hydrogen (secondary N) is 1. The molecule has 0 aliphatic heterocycles. The predicted octanol–water partition coefficient (Wildman–Crippen LogP) is 4.30. The van der Waals surface area contributed by atoms with E-state index in [1.807, 2.05) is 18.2 Å². The van der Waals surface area contributed by atoms with E-state index in [9.17, 15) is 4.79 Å². The number of oxazole rings is 1. The van der Waals surface area contributed by atoms with E-state index in [1.165, 1.54) is 11.8 Å². The molecule has 1 atom stereocenters. The standard InChI is InChI=1S/C19H19ClN2O4S/c1-11(27-19-22-14-6-5-13(20)9-16(14)26-19)18(23)21-10-12-4-7-15(24-2)17(8-12)25-3/h4-9,11H,10H2,1-3H3,(H,21,23)/t11-/m0/s1. The lowest BCUT2D eigenvalue weighted by molar-refractivity contribution is -0.120. The van der Waals surface area contributed by atoms with Crippen molar-refractivity contribution in [1.82, 2.24) is 10.3 Å². The summed E-state index contributed by atoms with van der Waals surface area (Å²) < 4.78 is 16.1. The third kappa shape index (κ3) is 4.67. The van der Waals surface area contributed by atoms with E-state index >= 15 is 0 Å². The van der Waals surface area contributed by atoms with E-state index in [4.69, 9.17) is 25.5 Å². The van der Waals surface area contributed by atoms with Crippen LogP contribution in [0.5, 0.6) is 11.5 Å². The summed E-state index contributed by atoms with van der Waals surface area (Å²) >= 11 is 7.20. The van der Waals surface area contributed by atoms with Gasteiger partial charge in [0.1, 0.15) is 5.52 Å². The smallest absolute Gasteiger partial charge is 0.257 e. The highest BCUT2D eigenvalue weighted by molar-refractivity contribution is 8.00. The number of ether oxygens (including phenoxy) is 2. The van der Waals surface area contributed by atoms with Crippen molar-refractivity contribution in [3.63, 3.8) is 0 Å². The zero-order valence-electron chi connectivity index (χ0n) is 15.1. The number of benzene rings is 2. The number of halogens is 1. The summed E-state index contributed by atoms with van der Waals surface area (Å²) in [6, 6.07) is 10.8. The van der Waals surface area contributed by atoms with Crippen molar-refractivity contribution in [2.45, 2.75) is 23.9 Å². The van der Waals surface area contributed by atoms with Gasteiger partial charge in [-0.15, -0.1) is 0 Å². The minimum atomic E-state index is -0.367. The van der Waals surface area contributed by atoms with Crippen molar-refractivity contribution >= 4 is 40.4 Å². The van der Waals surface area contributed by atoms with Gasteiger partial charge in [-0.25, -0.2) is 4.98 Å². The second-order valence-corrected chi connectivity index (χ2v) is 7.49. The molecule has 1 heterocycles. The molecule has 3 rings (SSSR count). The van der Waals surface area contributed by atoms with E-state index in [-0.39, 0.29) is 11.2 Å². The molecule has 1 N–H and O–H groups in total. The summed E-state index contributed by atoms with van der Waals surface area (Å²) in [6.45, 7) is 2.18. The molecule has 0 spiro atoms. The molecule has 0 bridgehead atoms. The van der Waals surface area contributed by atoms with Crippen molar-refractivity contribution in [1.29, 1.82) is 0 Å². The average molecular weight is 407 g/mol. The highest BCUT2D eigenvalue weighted by Crippen LogP contribution is 2.29. The first-order valence-electron chi connectivity index (χ1n) is 8.21. The number of methoxy groups -OCH3 is 2. The van der Waals surface area contributed by atoms with Crippen LogP contribution in [-0.4, -0.2) is 30.4 Å². The van der Waals surface area contributed by atoms with Gasteiger partial charge in [-0.3, -0.25) is 4.79 Å². The SMILES string of the molecule is COc1ccc(CNC(=O)[C@H](C)Sc2nc3ccc(Cl)cc3o2)cc1OC. The monoisotopic (exact) mass is 406 g/mol. The lowest BCUT2D eigenvalue weighted by atomic mass is 10.2. The van der Waals surface area contributed by atoms with Crippen molar-refractivity contribution in [2.75, 3.05) is 14.2 Å². The molecule has 142 valence electrons. The van der Waals surface area contributed by atoms with Crippen molar-refractivity contribution < 1.29 is 18.7 Å². The van der Waals surface area contributed by atoms with Crippen LogP contribution in [0, 0.1) is 0 Å². The molecule has 6 nitrogen and oxygen atoms in total. The Labute approximate surface area is 166 Å². The van der Waals surface area contributed by atoms with E-state index in [1.54, 1.807) is 39.3 Å². The van der Waals surface area contributed by atoms with Gasteiger partial charge in [-0.05, 0) is 36.8 Å². The van der Waals surface area contributed by atoms with Gasteiger partial charge >= 0.3 is 0 Å². The summed E-state index contributed by atoms with van der Waals surface area (Å²) in [5, 5.41) is 3.55. The molecule has 2 aromatic carbocycles. The van der Waals surface area contributed by atoms with Crippen LogP contribution < -0.4 is 14.8 Å². The van der Waals surface area contributed by atoms with Gasteiger partial charge < -0.3 is 19.2 Å². The zero-order valence-corrected chi connectivity index (χ0v) is 16.7. The molecule has 27 heavy (non-hydrogen) atoms. The number of carbonyl (C=O) groups excluding carboxylic acids is 1. The first kappa shape index (κ1) is 19.4. The van der Waals surface area contributed by atoms with Crippen LogP contribution in [0.1, 0.15) is 12.5 Å². The average Bonchev–Trinajstić information content (AvgIpc) is 3.06. The summed E-state index contributed by atoms with van der Waals surface area (Å²) in [4.78, 5) is 16.8. The summed E-state index contributed by atoms with van der Waals surface area (Å²) in [6.07, 6.45) is 0. The fraction of sp³-hybridized carbons (Fsp3) is 0.263. The zero-order chi connectivity index (χ0) is 19.4. The molecule has 0 saturated heterocycles. The molecule has 3 aromatic rings. The van der Waals surface area contributed by atoms with Gasteiger partial charge in [-0.2, -0.15) is 0 Å². The number of thioether (sulfide) groups is 1. The Hall–Kier alpha value is -2.38. The molecule has 0 saturated carbocycles. The molecular formula is C19H19ClN2O4S. The van der Waals surface area contributed by atoms with Gasteiger partial charge in [0, 0.05) is 17.6 Å². The number of hydrogen-bond acceptors (Lipinski definition) is 6. The quantitative estimate of drug-likeness (QED) is 0.590. The maximum absolute atomic E-state index is 12.4. The lowest BCUT2D eigenvalue weighted by Crippen LogP contribution is -2.30. The second kappa shape index (κ2) is 8.54. The van der Waals surface area contributed by atoms with Crippen molar-refractivity contribution in [2.24, 2.45) is 0 Å². The summed E-state index contributed by atoms with van der Waals surface area (Å²) in [5.74, 6) is 1.15. The molecule has 0 aliphatic rings. The Bertz CT molecular complexity index is 960. The topological polar surface area (TPSA) is 73.6 Å². The first-order valence-corrected chi connectivity index (χ1v) is 9.47. The maximum atomic E-state index is 12.4. The highest BCUT2D eigenvalue weighted by Gasteiger charge is 2.18. The fourth-order valence-corrected chi connectivity index (χ4v) is 3.40. The first-order chi connectivity index (χ1) is 13.0. The van der Waals surface area contributed by atoms with Crippen LogP contribution in [-0.2, 0) is 11.3 Å². The Morgan fingerprint density at radius 1 is 1.22 bits per heavy atom. The molecule has 1 aromatic heterocycles. The second-order valence-electron chi connectivity index (χ2n) is 5.76. The predicted molar refractivity (Wildman–Crippen MR) is 106 cm³/mol. The van der Waals surface area contributed by atoms with Gasteiger partial charge in [0.25, 0.3) is 5.22 Å². The van der Waals surface area contributed by atoms with Gasteiger partial charge in [0.2, 0.25) is 5.91 Å². The molecule has 0 fully saturated rings. The molecule has 1 amide bonds. The molecule has 0 aliphatic carbocycles. The highest BCUT2D eigenvalue weighted by atomic mass is 35.5. The Morgan fingerprint density at radius 2 is 2.00 bits per heavy atom. The maximum Gasteiger partial charge on any atom is 0.257 e. The van der Waals surface area contributed by atoms with E-state index in [0.29, 0.717) is 39.4 Å². The number of fused-ring (bicyclic) bond motifs is 1. The van der Waals surface area contributed by atoms with Crippen LogP contribution >= 0.6 is 23.4 Å². The summed E-state index contributed by atoms with van der Waals surface area (Å²) in [5.41, 5.74) is 2.22. The molecule has 0 radical (unpaired) electrons. The largest absolute Gasteiger partial charge is 0.493 e. The number of carbonyl (C=O) groups is 1. The van der Waals surface area contributed by atoms with Crippen LogP contribution in [0.25, 0.3) is 11.1 Å². The Kier molecular flexibility index (Phi) is 6.13. The minimum absolute atomic E-state index is 0.116. The van der Waals surface area contributed by atoms with Gasteiger partial charge in [0.15, 0.2) is 17.1 Å². The minimum Gasteiger partial charge on any atom is -0.493 e. The third-order valence-electron chi connectivity index (χ3n) is 3.89. The van der Waals surface area contributed by atoms with Gasteiger partial charge in [-0.1, -0.05) is 29.4 Å². The normalized spacial score (nSPS) is 12.0. The van der Waals surface area contributed by atoms with E-state index in [0.717, 1.165) is 5.56 Å². The number of amides is 1. The Balaban J connectivity index is 1.60. The third-order valence-corrected chi connectivity index (χ3v) is 5.07. The van der Waals surface area contributed by atoms with Crippen LogP contribution in [0.2, 0.25) is 5.02 Å². The number of aromatic nitrogens is 1. The fourth-order valence-electron chi connectivity index (χ4n) is 2.46. The molecule has 8 heteroatoms. The van der Waals surface area contributed by atoms with Gasteiger partial charge in [0.05, 0.1) is 19.5 Å². The number of nitrogens with zero attached hydrogens (tertiary/aromatic N) is 1. The van der Waals surface area contributed by atoms with Crippen LogP contribution in [0.4, 0.5) is 0 Å². The van der Waals surface area contributed by atoms with Crippen molar-refractivity contribution in [3.05, 3.63) is 47.0 Å². The van der Waals surface area contributed by atoms with Crippen LogP contribution in [0.3, 0.4) is 0 Å². The molecule has 0 unspecified atom stereocenters. The van der Waals surface area contributed by atoms with E-state index < -0.39 is 0 Å². The lowest BCUT2D eigenvalue weighted by Gasteiger charge is -2.12. The summed E-state index contributed by atoms with van der Waals surface area (Å²) in [7, 11) is 3.16. The van der Waals surface area contributed by atoms with Crippen molar-refractivity contribution in [3.8, 4) is 11.5 Å². The number of hydrogen-bond donors (Lipinski definition) is 1. The Morgan fingerprint density at radius 3 is 2.74 bits per heavy atom.